The van der Waals surface area contributed by atoms with Crippen molar-refractivity contribution in [3.63, 3.8) is 0 Å². The van der Waals surface area contributed by atoms with Gasteiger partial charge in [0.25, 0.3) is 0 Å². The van der Waals surface area contributed by atoms with Crippen molar-refractivity contribution >= 4 is 28.9 Å². The molecular weight excluding hydrogens is 334 g/mol. The van der Waals surface area contributed by atoms with Crippen molar-refractivity contribution in [2.45, 2.75) is 49.5 Å². The van der Waals surface area contributed by atoms with Gasteiger partial charge in [-0.3, -0.25) is 0 Å². The summed E-state index contributed by atoms with van der Waals surface area (Å²) in [5, 5.41) is 0. The molecule has 1 aliphatic heterocycles. The highest BCUT2D eigenvalue weighted by Crippen LogP contribution is 2.42. The van der Waals surface area contributed by atoms with Crippen LogP contribution in [0.15, 0.2) is 17.3 Å². The summed E-state index contributed by atoms with van der Waals surface area (Å²) in [5.41, 5.74) is 8.53. The molecule has 0 spiro atoms. The Kier molecular flexibility index (Phi) is 5.15. The number of hydrogen-bond donors (Lipinski definition) is 1. The first-order valence-corrected chi connectivity index (χ1v) is 10.1. The minimum absolute atomic E-state index is 0.460. The van der Waals surface area contributed by atoms with Crippen molar-refractivity contribution < 1.29 is 4.74 Å². The van der Waals surface area contributed by atoms with E-state index in [1.54, 1.807) is 31.5 Å². The normalized spacial score (nSPS) is 22.8. The number of aromatic nitrogens is 3. The number of fused-ring (bicyclic) bond motifs is 1. The lowest BCUT2D eigenvalue weighted by molar-refractivity contribution is 0.158. The second-order valence-corrected chi connectivity index (χ2v) is 8.30. The molecule has 1 atom stereocenters. The highest BCUT2D eigenvalue weighted by atomic mass is 32.2. The topological polar surface area (TPSA) is 69.2 Å². The molecule has 2 fully saturated rings. The van der Waals surface area contributed by atoms with Crippen molar-refractivity contribution in [2.75, 3.05) is 32.5 Å². The zero-order chi connectivity index (χ0) is 17.2. The third-order valence-corrected chi connectivity index (χ3v) is 6.60. The van der Waals surface area contributed by atoms with Crippen LogP contribution in [0.3, 0.4) is 0 Å². The van der Waals surface area contributed by atoms with Crippen LogP contribution in [0.25, 0.3) is 11.2 Å². The fourth-order valence-electron chi connectivity index (χ4n) is 4.19. The smallest absolute Gasteiger partial charge is 0.161 e. The molecule has 6 nitrogen and oxygen atoms in total. The monoisotopic (exact) mass is 361 g/mol. The molecule has 0 amide bonds. The predicted molar refractivity (Wildman–Crippen MR) is 101 cm³/mol. The summed E-state index contributed by atoms with van der Waals surface area (Å²) in [5.74, 6) is 1.45. The maximum atomic E-state index is 6.63. The fourth-order valence-corrected chi connectivity index (χ4v) is 5.35. The second-order valence-electron chi connectivity index (χ2n) is 7.19. The maximum Gasteiger partial charge on any atom is 0.161 e. The lowest BCUT2D eigenvalue weighted by atomic mass is 9.95. The molecule has 4 rings (SSSR count). The van der Waals surface area contributed by atoms with E-state index >= 15 is 0 Å². The summed E-state index contributed by atoms with van der Waals surface area (Å²) in [4.78, 5) is 10.3. The summed E-state index contributed by atoms with van der Waals surface area (Å²) in [7, 11) is 1.78. The van der Waals surface area contributed by atoms with Crippen LogP contribution in [0.2, 0.25) is 0 Å². The largest absolute Gasteiger partial charge is 0.384 e. The molecule has 2 aromatic heterocycles. The van der Waals surface area contributed by atoms with E-state index in [-0.39, 0.29) is 0 Å². The number of nitrogen functional groups attached to an aromatic ring is 1. The van der Waals surface area contributed by atoms with Crippen molar-refractivity contribution in [1.29, 1.82) is 0 Å². The van der Waals surface area contributed by atoms with Crippen molar-refractivity contribution in [3.8, 4) is 0 Å². The molecule has 3 heterocycles. The van der Waals surface area contributed by atoms with Crippen LogP contribution in [-0.4, -0.2) is 45.6 Å². The van der Waals surface area contributed by atoms with Gasteiger partial charge in [0, 0.05) is 38.6 Å². The van der Waals surface area contributed by atoms with Gasteiger partial charge in [0.2, 0.25) is 0 Å². The summed E-state index contributed by atoms with van der Waals surface area (Å²) in [6.07, 6.45) is 11.0. The second kappa shape index (κ2) is 7.51. The minimum atomic E-state index is 0.460. The molecule has 7 heteroatoms. The Balaban J connectivity index is 1.63. The van der Waals surface area contributed by atoms with E-state index in [4.69, 9.17) is 10.5 Å². The van der Waals surface area contributed by atoms with Crippen LogP contribution in [-0.2, 0) is 4.74 Å². The number of nitrogens with zero attached hydrogens (tertiary/aromatic N) is 4. The number of ether oxygens (including phenoxy) is 1. The van der Waals surface area contributed by atoms with Crippen LogP contribution in [0.4, 0.5) is 5.82 Å². The van der Waals surface area contributed by atoms with Gasteiger partial charge in [0.05, 0.1) is 11.5 Å². The highest BCUT2D eigenvalue weighted by molar-refractivity contribution is 7.97. The van der Waals surface area contributed by atoms with Gasteiger partial charge in [-0.15, -0.1) is 0 Å². The third-order valence-electron chi connectivity index (χ3n) is 5.43. The number of nitrogens with two attached hydrogens (primary N) is 1. The summed E-state index contributed by atoms with van der Waals surface area (Å²) < 4.78 is 9.97. The van der Waals surface area contributed by atoms with E-state index in [9.17, 15) is 0 Å². The molecule has 0 aromatic carbocycles. The average Bonchev–Trinajstić information content (AvgIpc) is 3.19. The number of methoxy groups -OCH3 is 1. The van der Waals surface area contributed by atoms with Crippen molar-refractivity contribution in [1.82, 2.24) is 18.8 Å². The Morgan fingerprint density at radius 2 is 2.00 bits per heavy atom. The quantitative estimate of drug-likeness (QED) is 0.822. The van der Waals surface area contributed by atoms with Crippen LogP contribution in [0.5, 0.6) is 0 Å². The van der Waals surface area contributed by atoms with Crippen molar-refractivity contribution in [3.05, 3.63) is 12.4 Å². The number of anilines is 1. The average molecular weight is 362 g/mol. The third kappa shape index (κ3) is 3.37. The molecule has 1 saturated heterocycles. The maximum absolute atomic E-state index is 6.63. The molecule has 0 bridgehead atoms. The highest BCUT2D eigenvalue weighted by Gasteiger charge is 2.29. The lowest BCUT2D eigenvalue weighted by Crippen LogP contribution is -2.16. The van der Waals surface area contributed by atoms with E-state index in [0.717, 1.165) is 41.6 Å². The van der Waals surface area contributed by atoms with Gasteiger partial charge in [0.15, 0.2) is 5.65 Å². The minimum Gasteiger partial charge on any atom is -0.384 e. The van der Waals surface area contributed by atoms with Gasteiger partial charge in [-0.1, -0.05) is 19.3 Å². The SMILES string of the molecule is COCC1CCN(Sc2c(N)n(C3CCCCC3)c3nccnc23)C1. The van der Waals surface area contributed by atoms with E-state index in [1.807, 2.05) is 0 Å². The Bertz CT molecular complexity index is 728. The Labute approximate surface area is 153 Å². The van der Waals surface area contributed by atoms with E-state index in [2.05, 4.69) is 18.8 Å². The summed E-state index contributed by atoms with van der Waals surface area (Å²) in [6, 6.07) is 0.460. The van der Waals surface area contributed by atoms with Gasteiger partial charge >= 0.3 is 0 Å². The van der Waals surface area contributed by atoms with Gasteiger partial charge in [0.1, 0.15) is 11.3 Å². The zero-order valence-corrected chi connectivity index (χ0v) is 15.7. The molecule has 1 aliphatic carbocycles. The zero-order valence-electron chi connectivity index (χ0n) is 14.9. The summed E-state index contributed by atoms with van der Waals surface area (Å²) in [6.45, 7) is 2.93. The Morgan fingerprint density at radius 3 is 2.80 bits per heavy atom. The first kappa shape index (κ1) is 17.1. The first-order chi connectivity index (χ1) is 12.3. The van der Waals surface area contributed by atoms with Crippen molar-refractivity contribution in [2.24, 2.45) is 5.92 Å². The molecule has 0 radical (unpaired) electrons. The van der Waals surface area contributed by atoms with Crippen LogP contribution in [0, 0.1) is 5.92 Å². The molecule has 136 valence electrons. The molecule has 1 saturated carbocycles. The molecule has 25 heavy (non-hydrogen) atoms. The van der Waals surface area contributed by atoms with Gasteiger partial charge < -0.3 is 15.0 Å². The van der Waals surface area contributed by atoms with Crippen LogP contribution in [0.1, 0.15) is 44.6 Å². The van der Waals surface area contributed by atoms with E-state index in [0.29, 0.717) is 12.0 Å². The lowest BCUT2D eigenvalue weighted by Gasteiger charge is -2.25. The standard InChI is InChI=1S/C18H27N5OS/c1-24-12-13-7-10-22(11-13)25-16-15-18(21-9-8-20-15)23(17(16)19)14-5-3-2-4-6-14/h8-9,13-14H,2-7,10-12,19H2,1H3. The van der Waals surface area contributed by atoms with Gasteiger partial charge in [-0.05, 0) is 37.1 Å². The van der Waals surface area contributed by atoms with Gasteiger partial charge in [-0.25, -0.2) is 14.3 Å². The molecule has 2 aliphatic rings. The van der Waals surface area contributed by atoms with E-state index < -0.39 is 0 Å². The Morgan fingerprint density at radius 1 is 1.20 bits per heavy atom. The predicted octanol–water partition coefficient (Wildman–Crippen LogP) is 3.49. The molecule has 2 N–H and O–H groups in total. The number of rotatable bonds is 5. The first-order valence-electron chi connectivity index (χ1n) is 9.30. The fraction of sp³-hybridized carbons (Fsp3) is 0.667. The molecular formula is C18H27N5OS. The molecule has 1 unspecified atom stereocenters. The van der Waals surface area contributed by atoms with Crippen LogP contribution < -0.4 is 5.73 Å². The Hall–Kier alpha value is -1.31. The van der Waals surface area contributed by atoms with E-state index in [1.165, 1.54) is 38.5 Å². The number of hydrogen-bond acceptors (Lipinski definition) is 6. The summed E-state index contributed by atoms with van der Waals surface area (Å²) >= 11 is 1.75. The van der Waals surface area contributed by atoms with Gasteiger partial charge in [-0.2, -0.15) is 0 Å². The molecule has 2 aromatic rings. The van der Waals surface area contributed by atoms with Crippen LogP contribution >= 0.6 is 11.9 Å².